The highest BCUT2D eigenvalue weighted by atomic mass is 16.3. The summed E-state index contributed by atoms with van der Waals surface area (Å²) in [6.45, 7) is 7.51. The summed E-state index contributed by atoms with van der Waals surface area (Å²) in [4.78, 5) is 57.2. The predicted octanol–water partition coefficient (Wildman–Crippen LogP) is 4.10. The Morgan fingerprint density at radius 1 is 1.15 bits per heavy atom. The van der Waals surface area contributed by atoms with Gasteiger partial charge in [0.1, 0.15) is 23.6 Å². The number of rotatable bonds is 3. The number of aliphatic hydroxyl groups is 1. The summed E-state index contributed by atoms with van der Waals surface area (Å²) in [5, 5.41) is 14.9. The number of para-hydroxylation sites is 1. The Bertz CT molecular complexity index is 1390. The SMILES string of the molecule is C/C1=C\[C@@H](C)C/C=C/[C@H]2[C@@](C)(C=O)[C@@H](C)[C@H]3[C@H](Cc4c[nH]c5ccccc45)NC(=O)[C@]32C(=O)CC[C@H](O)C1=O. The summed E-state index contributed by atoms with van der Waals surface area (Å²) in [7, 11) is 0. The fraction of sp³-hybridized carbons (Fsp3) is 0.500. The van der Waals surface area contributed by atoms with Crippen LogP contribution in [0.3, 0.4) is 0 Å². The average molecular weight is 531 g/mol. The van der Waals surface area contributed by atoms with E-state index >= 15 is 0 Å². The van der Waals surface area contributed by atoms with Crippen LogP contribution < -0.4 is 5.32 Å². The van der Waals surface area contributed by atoms with Gasteiger partial charge in [-0.3, -0.25) is 14.4 Å². The molecule has 206 valence electrons. The lowest BCUT2D eigenvalue weighted by molar-refractivity contribution is -0.144. The number of Topliss-reactive ketones (excluding diaryl/α,β-unsaturated/α-hetero) is 2. The normalized spacial score (nSPS) is 39.5. The molecule has 0 bridgehead atoms. The summed E-state index contributed by atoms with van der Waals surface area (Å²) in [6.07, 6.45) is 8.17. The van der Waals surface area contributed by atoms with Crippen molar-refractivity contribution in [2.75, 3.05) is 0 Å². The lowest BCUT2D eigenvalue weighted by Crippen LogP contribution is -2.48. The summed E-state index contributed by atoms with van der Waals surface area (Å²) in [6, 6.07) is 7.62. The third-order valence-corrected chi connectivity index (χ3v) is 9.87. The zero-order chi connectivity index (χ0) is 28.1. The van der Waals surface area contributed by atoms with Gasteiger partial charge in [0, 0.05) is 46.8 Å². The molecule has 8 atom stereocenters. The summed E-state index contributed by atoms with van der Waals surface area (Å²) in [5.74, 6) is -2.36. The van der Waals surface area contributed by atoms with Crippen LogP contribution >= 0.6 is 0 Å². The summed E-state index contributed by atoms with van der Waals surface area (Å²) < 4.78 is 0. The van der Waals surface area contributed by atoms with Crippen molar-refractivity contribution in [1.82, 2.24) is 10.3 Å². The van der Waals surface area contributed by atoms with E-state index in [1.54, 1.807) is 6.92 Å². The fourth-order valence-electron chi connectivity index (χ4n) is 7.71. The second-order valence-corrected chi connectivity index (χ2v) is 12.1. The minimum Gasteiger partial charge on any atom is -0.385 e. The molecule has 1 spiro atoms. The minimum absolute atomic E-state index is 0.00828. The van der Waals surface area contributed by atoms with Gasteiger partial charge in [0.05, 0.1) is 0 Å². The monoisotopic (exact) mass is 530 g/mol. The van der Waals surface area contributed by atoms with Crippen molar-refractivity contribution in [3.05, 3.63) is 59.8 Å². The van der Waals surface area contributed by atoms with Crippen LogP contribution in [0.5, 0.6) is 0 Å². The molecule has 39 heavy (non-hydrogen) atoms. The van der Waals surface area contributed by atoms with E-state index in [0.29, 0.717) is 18.4 Å². The maximum Gasteiger partial charge on any atom is 0.234 e. The van der Waals surface area contributed by atoms with Crippen LogP contribution in [0, 0.1) is 34.5 Å². The van der Waals surface area contributed by atoms with Gasteiger partial charge in [0.25, 0.3) is 0 Å². The van der Waals surface area contributed by atoms with E-state index in [0.717, 1.165) is 22.8 Å². The zero-order valence-corrected chi connectivity index (χ0v) is 23.1. The molecule has 1 saturated carbocycles. The number of nitrogens with one attached hydrogen (secondary N) is 2. The molecule has 2 heterocycles. The molecule has 7 heteroatoms. The molecule has 0 unspecified atom stereocenters. The van der Waals surface area contributed by atoms with Crippen molar-refractivity contribution in [3.8, 4) is 0 Å². The third kappa shape index (κ3) is 4.13. The molecule has 0 radical (unpaired) electrons. The highest BCUT2D eigenvalue weighted by Gasteiger charge is 2.74. The molecule has 1 amide bonds. The Hall–Kier alpha value is -3.32. The van der Waals surface area contributed by atoms with Gasteiger partial charge in [-0.15, -0.1) is 0 Å². The van der Waals surface area contributed by atoms with Crippen molar-refractivity contribution in [2.24, 2.45) is 34.5 Å². The molecule has 3 N–H and O–H groups in total. The molecule has 1 saturated heterocycles. The second-order valence-electron chi connectivity index (χ2n) is 12.1. The molecule has 2 aromatic rings. The topological polar surface area (TPSA) is 116 Å². The van der Waals surface area contributed by atoms with E-state index in [-0.39, 0.29) is 42.4 Å². The van der Waals surface area contributed by atoms with Gasteiger partial charge < -0.3 is 20.2 Å². The molecule has 1 aromatic heterocycles. The second kappa shape index (κ2) is 10.0. The van der Waals surface area contributed by atoms with Crippen LogP contribution in [0.25, 0.3) is 10.9 Å². The number of carbonyl (C=O) groups is 4. The Morgan fingerprint density at radius 3 is 2.64 bits per heavy atom. The third-order valence-electron chi connectivity index (χ3n) is 9.87. The number of aromatic nitrogens is 1. The average Bonchev–Trinajstić information content (AvgIpc) is 3.51. The lowest BCUT2D eigenvalue weighted by Gasteiger charge is -2.34. The number of benzene rings is 1. The van der Waals surface area contributed by atoms with E-state index in [2.05, 4.69) is 10.3 Å². The zero-order valence-electron chi connectivity index (χ0n) is 23.1. The number of hydrogen-bond donors (Lipinski definition) is 3. The largest absolute Gasteiger partial charge is 0.385 e. The number of aliphatic hydroxyl groups excluding tert-OH is 1. The standard InChI is InChI=1S/C32H38N2O5/c1-18-8-7-11-26-31(4,17-35)20(3)28-24(15-21-16-33-23-10-6-5-9-22(21)23)34-30(39)32(26,28)27(37)13-12-25(36)29(38)19(2)14-18/h5-7,9-11,14,16-18,20,24-26,28,33,36H,8,12-13,15H2,1-4H3,(H,34,39)/b11-7+,19-14+/t18-,20-,24-,25-,26-,28-,31-,32+/m0/s1. The van der Waals surface area contributed by atoms with Crippen LogP contribution in [-0.2, 0) is 25.6 Å². The van der Waals surface area contributed by atoms with E-state index < -0.39 is 34.6 Å². The molecule has 1 aliphatic heterocycles. The number of ketones is 2. The number of carbonyl (C=O) groups excluding carboxylic acids is 4. The number of aromatic amines is 1. The first kappa shape index (κ1) is 27.3. The maximum absolute atomic E-state index is 14.3. The van der Waals surface area contributed by atoms with Crippen LogP contribution in [0.4, 0.5) is 0 Å². The van der Waals surface area contributed by atoms with Crippen LogP contribution in [0.2, 0.25) is 0 Å². The van der Waals surface area contributed by atoms with Gasteiger partial charge in [-0.2, -0.15) is 0 Å². The van der Waals surface area contributed by atoms with Crippen LogP contribution in [0.1, 0.15) is 52.5 Å². The summed E-state index contributed by atoms with van der Waals surface area (Å²) >= 11 is 0. The molecule has 7 nitrogen and oxygen atoms in total. The molecular formula is C32H38N2O5. The Labute approximate surface area is 229 Å². The number of H-pyrrole nitrogens is 1. The van der Waals surface area contributed by atoms with Crippen molar-refractivity contribution in [1.29, 1.82) is 0 Å². The van der Waals surface area contributed by atoms with E-state index in [4.69, 9.17) is 0 Å². The highest BCUT2D eigenvalue weighted by Crippen LogP contribution is 2.65. The van der Waals surface area contributed by atoms with Crippen molar-refractivity contribution < 1.29 is 24.3 Å². The maximum atomic E-state index is 14.3. The quantitative estimate of drug-likeness (QED) is 0.314. The van der Waals surface area contributed by atoms with E-state index in [9.17, 15) is 24.3 Å². The van der Waals surface area contributed by atoms with Crippen LogP contribution in [0.15, 0.2) is 54.3 Å². The van der Waals surface area contributed by atoms with Gasteiger partial charge in [0.2, 0.25) is 5.91 Å². The predicted molar refractivity (Wildman–Crippen MR) is 149 cm³/mol. The Kier molecular flexibility index (Phi) is 7.00. The van der Waals surface area contributed by atoms with E-state index in [1.165, 1.54) is 0 Å². The summed E-state index contributed by atoms with van der Waals surface area (Å²) in [5.41, 5.74) is 0.122. The number of aldehydes is 1. The smallest absolute Gasteiger partial charge is 0.234 e. The number of fused-ring (bicyclic) bond motifs is 1. The van der Waals surface area contributed by atoms with Gasteiger partial charge in [-0.1, -0.05) is 57.2 Å². The molecule has 2 fully saturated rings. The first-order valence-corrected chi connectivity index (χ1v) is 14.0. The van der Waals surface area contributed by atoms with Crippen molar-refractivity contribution in [2.45, 2.75) is 65.5 Å². The molecule has 2 aliphatic carbocycles. The van der Waals surface area contributed by atoms with Gasteiger partial charge >= 0.3 is 0 Å². The van der Waals surface area contributed by atoms with Gasteiger partial charge in [-0.05, 0) is 55.2 Å². The van der Waals surface area contributed by atoms with Crippen LogP contribution in [-0.4, -0.2) is 46.0 Å². The number of allylic oxidation sites excluding steroid dienone is 3. The minimum atomic E-state index is -1.45. The molecule has 5 rings (SSSR count). The number of amides is 1. The Balaban J connectivity index is 1.61. The van der Waals surface area contributed by atoms with E-state index in [1.807, 2.05) is 69.5 Å². The van der Waals surface area contributed by atoms with Gasteiger partial charge in [-0.25, -0.2) is 0 Å². The first-order valence-electron chi connectivity index (χ1n) is 14.0. The lowest BCUT2D eigenvalue weighted by atomic mass is 9.64. The van der Waals surface area contributed by atoms with Crippen molar-refractivity contribution in [3.63, 3.8) is 0 Å². The molecule has 3 aliphatic rings. The van der Waals surface area contributed by atoms with Crippen molar-refractivity contribution >= 4 is 34.7 Å². The number of hydrogen-bond acceptors (Lipinski definition) is 5. The fourth-order valence-corrected chi connectivity index (χ4v) is 7.71. The molecule has 1 aromatic carbocycles. The molecular weight excluding hydrogens is 492 g/mol. The van der Waals surface area contributed by atoms with Gasteiger partial charge in [0.15, 0.2) is 5.78 Å². The highest BCUT2D eigenvalue weighted by molar-refractivity contribution is 6.10. The Morgan fingerprint density at radius 2 is 1.90 bits per heavy atom. The first-order chi connectivity index (χ1) is 18.5.